The van der Waals surface area contributed by atoms with Gasteiger partial charge in [-0.05, 0) is 54.7 Å². The van der Waals surface area contributed by atoms with Crippen molar-refractivity contribution in [3.05, 3.63) is 84.9 Å². The van der Waals surface area contributed by atoms with Crippen LogP contribution in [0, 0.1) is 0 Å². The van der Waals surface area contributed by atoms with Crippen molar-refractivity contribution in [3.63, 3.8) is 0 Å². The standard InChI is InChI=1S/C24H21N5O2S2/c30-22(27-21-15-23(31)29(28-21)19-11-5-2-6-12-19)16-33-20-13-7-10-18(14-20)26-24(32)25-17-8-3-1-4-9-17/h1-14H,15-16H2,(H2,25,26,32)(H,27,28,30). The minimum atomic E-state index is -0.221. The van der Waals surface area contributed by atoms with Crippen molar-refractivity contribution in [1.82, 2.24) is 5.32 Å². The number of amidine groups is 1. The molecule has 1 heterocycles. The lowest BCUT2D eigenvalue weighted by Gasteiger charge is -2.11. The number of nitrogens with one attached hydrogen (secondary N) is 3. The van der Waals surface area contributed by atoms with E-state index in [1.54, 1.807) is 12.1 Å². The van der Waals surface area contributed by atoms with E-state index >= 15 is 0 Å². The van der Waals surface area contributed by atoms with E-state index in [1.807, 2.05) is 72.8 Å². The Morgan fingerprint density at radius 2 is 1.58 bits per heavy atom. The van der Waals surface area contributed by atoms with Gasteiger partial charge in [-0.2, -0.15) is 10.1 Å². The molecule has 0 spiro atoms. The zero-order valence-electron chi connectivity index (χ0n) is 17.5. The first-order valence-corrected chi connectivity index (χ1v) is 11.6. The number of thioether (sulfide) groups is 1. The maximum Gasteiger partial charge on any atom is 0.255 e. The number of hydrogen-bond acceptors (Lipinski definition) is 5. The van der Waals surface area contributed by atoms with Crippen LogP contribution < -0.4 is 21.0 Å². The maximum absolute atomic E-state index is 12.4. The van der Waals surface area contributed by atoms with Crippen LogP contribution in [0.15, 0.2) is 94.9 Å². The lowest BCUT2D eigenvalue weighted by Crippen LogP contribution is -2.31. The van der Waals surface area contributed by atoms with E-state index in [0.717, 1.165) is 16.3 Å². The summed E-state index contributed by atoms with van der Waals surface area (Å²) < 4.78 is 0. The summed E-state index contributed by atoms with van der Waals surface area (Å²) >= 11 is 6.75. The lowest BCUT2D eigenvalue weighted by atomic mass is 10.3. The normalized spacial score (nSPS) is 12.8. The molecule has 166 valence electrons. The third-order valence-corrected chi connectivity index (χ3v) is 5.75. The number of anilines is 3. The SMILES string of the molecule is O=C(CSc1cccc(NC(=S)Nc2ccccc2)c1)NC1=NN(c2ccccc2)C(=O)C1. The fraction of sp³-hybridized carbons (Fsp3) is 0.0833. The molecule has 0 aromatic heterocycles. The number of hydrogen-bond donors (Lipinski definition) is 3. The van der Waals surface area contributed by atoms with Crippen LogP contribution in [0.2, 0.25) is 0 Å². The summed E-state index contributed by atoms with van der Waals surface area (Å²) in [6.07, 6.45) is 0.0660. The Morgan fingerprint density at radius 3 is 2.33 bits per heavy atom. The number of carbonyl (C=O) groups is 2. The first kappa shape index (κ1) is 22.5. The van der Waals surface area contributed by atoms with Crippen LogP contribution in [0.1, 0.15) is 6.42 Å². The zero-order chi connectivity index (χ0) is 23.0. The second-order valence-corrected chi connectivity index (χ2v) is 8.53. The Balaban J connectivity index is 1.28. The summed E-state index contributed by atoms with van der Waals surface area (Å²) in [5.74, 6) is 0.139. The molecule has 3 N–H and O–H groups in total. The number of amides is 2. The molecule has 0 unspecified atom stereocenters. The molecule has 9 heteroatoms. The third kappa shape index (κ3) is 6.41. The molecular weight excluding hydrogens is 454 g/mol. The largest absolute Gasteiger partial charge is 0.332 e. The quantitative estimate of drug-likeness (QED) is 0.361. The van der Waals surface area contributed by atoms with Gasteiger partial charge in [0.2, 0.25) is 5.91 Å². The number of thiocarbonyl (C=S) groups is 1. The van der Waals surface area contributed by atoms with Crippen molar-refractivity contribution in [1.29, 1.82) is 0 Å². The fourth-order valence-corrected chi connectivity index (χ4v) is 4.09. The molecule has 0 fully saturated rings. The number of carbonyl (C=O) groups excluding carboxylic acids is 2. The highest BCUT2D eigenvalue weighted by molar-refractivity contribution is 8.00. The predicted molar refractivity (Wildman–Crippen MR) is 138 cm³/mol. The molecule has 3 aromatic carbocycles. The van der Waals surface area contributed by atoms with Gasteiger partial charge in [-0.1, -0.05) is 42.5 Å². The highest BCUT2D eigenvalue weighted by atomic mass is 32.2. The minimum absolute atomic E-state index is 0.0660. The van der Waals surface area contributed by atoms with Crippen molar-refractivity contribution < 1.29 is 9.59 Å². The molecule has 0 saturated heterocycles. The molecule has 2 amide bonds. The average Bonchev–Trinajstić information content (AvgIpc) is 3.19. The van der Waals surface area contributed by atoms with E-state index in [-0.39, 0.29) is 24.0 Å². The van der Waals surface area contributed by atoms with Gasteiger partial charge in [-0.25, -0.2) is 0 Å². The lowest BCUT2D eigenvalue weighted by molar-refractivity contribution is -0.117. The summed E-state index contributed by atoms with van der Waals surface area (Å²) in [6, 6.07) is 26.4. The Kier molecular flexibility index (Phi) is 7.33. The second kappa shape index (κ2) is 10.8. The molecule has 1 aliphatic heterocycles. The van der Waals surface area contributed by atoms with Gasteiger partial charge in [0, 0.05) is 16.3 Å². The Bertz CT molecular complexity index is 1190. The van der Waals surface area contributed by atoms with Crippen LogP contribution in [0.3, 0.4) is 0 Å². The second-order valence-electron chi connectivity index (χ2n) is 7.07. The highest BCUT2D eigenvalue weighted by Crippen LogP contribution is 2.22. The monoisotopic (exact) mass is 475 g/mol. The van der Waals surface area contributed by atoms with Crippen LogP contribution >= 0.6 is 24.0 Å². The van der Waals surface area contributed by atoms with Crippen molar-refractivity contribution in [3.8, 4) is 0 Å². The van der Waals surface area contributed by atoms with Gasteiger partial charge in [0.25, 0.3) is 5.91 Å². The Morgan fingerprint density at radius 1 is 0.909 bits per heavy atom. The molecular formula is C24H21N5O2S2. The number of rotatable bonds is 6. The topological polar surface area (TPSA) is 85.8 Å². The minimum Gasteiger partial charge on any atom is -0.332 e. The molecule has 7 nitrogen and oxygen atoms in total. The molecule has 0 aliphatic carbocycles. The van der Waals surface area contributed by atoms with Crippen LogP contribution in [0.25, 0.3) is 0 Å². The molecule has 0 radical (unpaired) electrons. The molecule has 0 saturated carbocycles. The predicted octanol–water partition coefficient (Wildman–Crippen LogP) is 4.45. The van der Waals surface area contributed by atoms with Crippen molar-refractivity contribution in [2.24, 2.45) is 5.10 Å². The molecule has 1 aliphatic rings. The van der Waals surface area contributed by atoms with E-state index in [9.17, 15) is 9.59 Å². The number of benzene rings is 3. The summed E-state index contributed by atoms with van der Waals surface area (Å²) in [4.78, 5) is 25.5. The Hall–Kier alpha value is -3.69. The summed E-state index contributed by atoms with van der Waals surface area (Å²) in [6.45, 7) is 0. The smallest absolute Gasteiger partial charge is 0.255 e. The van der Waals surface area contributed by atoms with Gasteiger partial charge in [0.05, 0.1) is 17.9 Å². The van der Waals surface area contributed by atoms with E-state index in [2.05, 4.69) is 21.1 Å². The highest BCUT2D eigenvalue weighted by Gasteiger charge is 2.26. The number of hydrazone groups is 1. The maximum atomic E-state index is 12.4. The van der Waals surface area contributed by atoms with E-state index < -0.39 is 0 Å². The van der Waals surface area contributed by atoms with Crippen molar-refractivity contribution in [2.75, 3.05) is 21.4 Å². The van der Waals surface area contributed by atoms with Gasteiger partial charge >= 0.3 is 0 Å². The number of nitrogens with zero attached hydrogens (tertiary/aromatic N) is 2. The molecule has 0 atom stereocenters. The summed E-state index contributed by atoms with van der Waals surface area (Å²) in [5, 5.41) is 15.0. The first-order valence-electron chi connectivity index (χ1n) is 10.2. The molecule has 4 rings (SSSR count). The molecule has 0 bridgehead atoms. The van der Waals surface area contributed by atoms with Crippen LogP contribution in [-0.2, 0) is 9.59 Å². The van der Waals surface area contributed by atoms with E-state index in [1.165, 1.54) is 16.8 Å². The fourth-order valence-electron chi connectivity index (χ4n) is 3.09. The van der Waals surface area contributed by atoms with Crippen LogP contribution in [0.4, 0.5) is 17.1 Å². The molecule has 3 aromatic rings. The van der Waals surface area contributed by atoms with Gasteiger partial charge in [0.1, 0.15) is 5.84 Å². The van der Waals surface area contributed by atoms with Crippen LogP contribution in [0.5, 0.6) is 0 Å². The van der Waals surface area contributed by atoms with Gasteiger partial charge in [0.15, 0.2) is 5.11 Å². The summed E-state index contributed by atoms with van der Waals surface area (Å²) in [7, 11) is 0. The van der Waals surface area contributed by atoms with E-state index in [0.29, 0.717) is 16.6 Å². The summed E-state index contributed by atoms with van der Waals surface area (Å²) in [5.41, 5.74) is 2.39. The van der Waals surface area contributed by atoms with Gasteiger partial charge in [-0.3, -0.25) is 9.59 Å². The third-order valence-electron chi connectivity index (χ3n) is 4.55. The van der Waals surface area contributed by atoms with Crippen molar-refractivity contribution in [2.45, 2.75) is 11.3 Å². The first-order chi connectivity index (χ1) is 16.1. The van der Waals surface area contributed by atoms with Crippen LogP contribution in [-0.4, -0.2) is 28.5 Å². The van der Waals surface area contributed by atoms with Gasteiger partial charge in [-0.15, -0.1) is 11.8 Å². The average molecular weight is 476 g/mol. The van der Waals surface area contributed by atoms with Crippen molar-refractivity contribution >= 4 is 63.8 Å². The zero-order valence-corrected chi connectivity index (χ0v) is 19.2. The van der Waals surface area contributed by atoms with E-state index in [4.69, 9.17) is 12.2 Å². The molecule has 33 heavy (non-hydrogen) atoms. The number of para-hydroxylation sites is 2. The Labute approximate surface area is 201 Å². The van der Waals surface area contributed by atoms with Gasteiger partial charge < -0.3 is 16.0 Å².